The van der Waals surface area contributed by atoms with E-state index >= 15 is 0 Å². The van der Waals surface area contributed by atoms with Crippen molar-refractivity contribution in [3.8, 4) is 0 Å². The van der Waals surface area contributed by atoms with Gasteiger partial charge in [-0.15, -0.1) is 0 Å². The predicted octanol–water partition coefficient (Wildman–Crippen LogP) is 3.97. The highest BCUT2D eigenvalue weighted by molar-refractivity contribution is 6.29. The first-order valence-corrected chi connectivity index (χ1v) is 9.35. The Morgan fingerprint density at radius 3 is 2.54 bits per heavy atom. The van der Waals surface area contributed by atoms with Crippen molar-refractivity contribution in [1.82, 2.24) is 19.7 Å². The number of nitrogens with zero attached hydrogens (tertiary/aromatic N) is 4. The van der Waals surface area contributed by atoms with Crippen LogP contribution >= 0.6 is 11.6 Å². The number of pyridine rings is 2. The normalized spacial score (nSPS) is 11.2. The van der Waals surface area contributed by atoms with Crippen LogP contribution in [0.4, 0.5) is 5.69 Å². The van der Waals surface area contributed by atoms with Gasteiger partial charge in [-0.1, -0.05) is 25.4 Å². The molecule has 28 heavy (non-hydrogen) atoms. The Kier molecular flexibility index (Phi) is 5.47. The lowest BCUT2D eigenvalue weighted by molar-refractivity contribution is -0.115. The molecule has 1 amide bonds. The van der Waals surface area contributed by atoms with Crippen molar-refractivity contribution in [1.29, 1.82) is 0 Å². The first-order chi connectivity index (χ1) is 13.2. The van der Waals surface area contributed by atoms with Gasteiger partial charge in [0, 0.05) is 23.8 Å². The second-order valence-corrected chi connectivity index (χ2v) is 7.51. The molecule has 3 heterocycles. The number of aryl methyl sites for hydroxylation is 3. The van der Waals surface area contributed by atoms with Gasteiger partial charge in [0.1, 0.15) is 10.8 Å². The van der Waals surface area contributed by atoms with Crippen LogP contribution in [0.15, 0.2) is 18.2 Å². The van der Waals surface area contributed by atoms with Crippen LogP contribution in [-0.2, 0) is 11.8 Å². The minimum absolute atomic E-state index is 0.190. The minimum atomic E-state index is -0.430. The Hall–Kier alpha value is -2.80. The van der Waals surface area contributed by atoms with E-state index < -0.39 is 5.91 Å². The molecule has 146 valence electrons. The molecule has 0 aliphatic carbocycles. The molecule has 1 N–H and O–H groups in total. The lowest BCUT2D eigenvalue weighted by Gasteiger charge is -2.11. The average Bonchev–Trinajstić information content (AvgIpc) is 2.87. The summed E-state index contributed by atoms with van der Waals surface area (Å²) in [5, 5.41) is 8.34. The largest absolute Gasteiger partial charge is 0.326 e. The zero-order valence-corrected chi connectivity index (χ0v) is 17.3. The lowest BCUT2D eigenvalue weighted by Crippen LogP contribution is -2.18. The standard InChI is InChI=1S/C20H22ClN5O2/c1-10(2)14-8-15(24-20-19(14)12(4)25-26(20)5)16(27)9-18(28)23-13-6-11(3)22-17(21)7-13/h6-8,10H,9H2,1-5H3,(H,22,23,28). The molecule has 3 rings (SSSR count). The summed E-state index contributed by atoms with van der Waals surface area (Å²) in [7, 11) is 1.79. The number of fused-ring (bicyclic) bond motifs is 1. The Labute approximate surface area is 168 Å². The highest BCUT2D eigenvalue weighted by Crippen LogP contribution is 2.28. The minimum Gasteiger partial charge on any atom is -0.326 e. The van der Waals surface area contributed by atoms with Gasteiger partial charge in [0.05, 0.1) is 12.1 Å². The third kappa shape index (κ3) is 4.04. The summed E-state index contributed by atoms with van der Waals surface area (Å²) in [4.78, 5) is 33.6. The van der Waals surface area contributed by atoms with Gasteiger partial charge in [0.15, 0.2) is 11.4 Å². The number of carbonyl (C=O) groups is 2. The van der Waals surface area contributed by atoms with Crippen LogP contribution in [-0.4, -0.2) is 31.4 Å². The number of Topliss-reactive ketones (excluding diaryl/α,β-unsaturated/α-hetero) is 1. The lowest BCUT2D eigenvalue weighted by atomic mass is 9.97. The molecule has 0 unspecified atom stereocenters. The van der Waals surface area contributed by atoms with Crippen molar-refractivity contribution in [2.24, 2.45) is 7.05 Å². The van der Waals surface area contributed by atoms with E-state index in [0.29, 0.717) is 17.0 Å². The van der Waals surface area contributed by atoms with E-state index in [9.17, 15) is 9.59 Å². The summed E-state index contributed by atoms with van der Waals surface area (Å²) < 4.78 is 1.66. The molecule has 0 aliphatic rings. The van der Waals surface area contributed by atoms with Crippen LogP contribution < -0.4 is 5.32 Å². The van der Waals surface area contributed by atoms with Crippen LogP contribution in [0.3, 0.4) is 0 Å². The van der Waals surface area contributed by atoms with Crippen molar-refractivity contribution in [3.63, 3.8) is 0 Å². The summed E-state index contributed by atoms with van der Waals surface area (Å²) in [5.41, 5.74) is 3.95. The number of amides is 1. The number of nitrogens with one attached hydrogen (secondary N) is 1. The first kappa shape index (κ1) is 19.9. The van der Waals surface area contributed by atoms with Gasteiger partial charge in [0.2, 0.25) is 5.91 Å². The van der Waals surface area contributed by atoms with Crippen LogP contribution in [0.25, 0.3) is 11.0 Å². The van der Waals surface area contributed by atoms with Crippen LogP contribution in [0, 0.1) is 13.8 Å². The Morgan fingerprint density at radius 1 is 1.18 bits per heavy atom. The molecule has 0 saturated heterocycles. The fraction of sp³-hybridized carbons (Fsp3) is 0.350. The van der Waals surface area contributed by atoms with Gasteiger partial charge in [-0.05, 0) is 43.5 Å². The third-order valence-electron chi connectivity index (χ3n) is 4.43. The van der Waals surface area contributed by atoms with Gasteiger partial charge in [-0.2, -0.15) is 5.10 Å². The number of anilines is 1. The van der Waals surface area contributed by atoms with Crippen molar-refractivity contribution >= 4 is 40.0 Å². The molecule has 7 nitrogen and oxygen atoms in total. The number of aromatic nitrogens is 4. The fourth-order valence-electron chi connectivity index (χ4n) is 3.22. The first-order valence-electron chi connectivity index (χ1n) is 8.97. The molecular weight excluding hydrogens is 378 g/mol. The van der Waals surface area contributed by atoms with Crippen molar-refractivity contribution in [3.05, 3.63) is 46.0 Å². The number of ketones is 1. The van der Waals surface area contributed by atoms with E-state index in [4.69, 9.17) is 11.6 Å². The molecule has 0 fully saturated rings. The molecule has 0 aliphatic heterocycles. The Morgan fingerprint density at radius 2 is 1.89 bits per heavy atom. The Balaban J connectivity index is 1.87. The second-order valence-electron chi connectivity index (χ2n) is 7.13. The van der Waals surface area contributed by atoms with Gasteiger partial charge in [-0.25, -0.2) is 9.97 Å². The van der Waals surface area contributed by atoms with Crippen molar-refractivity contribution < 1.29 is 9.59 Å². The molecule has 0 saturated carbocycles. The molecule has 0 aromatic carbocycles. The molecule has 0 bridgehead atoms. The highest BCUT2D eigenvalue weighted by Gasteiger charge is 2.20. The monoisotopic (exact) mass is 399 g/mol. The van der Waals surface area contributed by atoms with E-state index in [-0.39, 0.29) is 29.0 Å². The number of hydrogen-bond donors (Lipinski definition) is 1. The number of halogens is 1. The van der Waals surface area contributed by atoms with E-state index in [1.807, 2.05) is 6.92 Å². The zero-order valence-electron chi connectivity index (χ0n) is 16.5. The maximum atomic E-state index is 12.7. The molecule has 8 heteroatoms. The smallest absolute Gasteiger partial charge is 0.232 e. The summed E-state index contributed by atoms with van der Waals surface area (Å²) in [6, 6.07) is 5.00. The van der Waals surface area contributed by atoms with E-state index in [1.165, 1.54) is 6.07 Å². The topological polar surface area (TPSA) is 89.8 Å². The summed E-state index contributed by atoms with van der Waals surface area (Å²) in [6.45, 7) is 7.80. The van der Waals surface area contributed by atoms with Gasteiger partial charge in [0.25, 0.3) is 0 Å². The van der Waals surface area contributed by atoms with Crippen LogP contribution in [0.2, 0.25) is 5.15 Å². The maximum absolute atomic E-state index is 12.7. The number of hydrogen-bond acceptors (Lipinski definition) is 5. The van der Waals surface area contributed by atoms with Crippen molar-refractivity contribution in [2.45, 2.75) is 40.0 Å². The molecule has 3 aromatic rings. The average molecular weight is 400 g/mol. The maximum Gasteiger partial charge on any atom is 0.232 e. The van der Waals surface area contributed by atoms with Gasteiger partial charge >= 0.3 is 0 Å². The number of rotatable bonds is 5. The molecule has 0 atom stereocenters. The van der Waals surface area contributed by atoms with E-state index in [0.717, 1.165) is 16.6 Å². The fourth-order valence-corrected chi connectivity index (χ4v) is 3.47. The van der Waals surface area contributed by atoms with Crippen molar-refractivity contribution in [2.75, 3.05) is 5.32 Å². The van der Waals surface area contributed by atoms with Gasteiger partial charge < -0.3 is 5.32 Å². The van der Waals surface area contributed by atoms with Crippen LogP contribution in [0.1, 0.15) is 53.6 Å². The summed E-state index contributed by atoms with van der Waals surface area (Å²) in [5.74, 6) is -0.589. The number of carbonyl (C=O) groups excluding carboxylic acids is 2. The third-order valence-corrected chi connectivity index (χ3v) is 4.63. The quantitative estimate of drug-likeness (QED) is 0.398. The SMILES string of the molecule is Cc1cc(NC(=O)CC(=O)c2cc(C(C)C)c3c(C)nn(C)c3n2)cc(Cl)n1. The molecule has 0 radical (unpaired) electrons. The van der Waals surface area contributed by atoms with E-state index in [2.05, 4.69) is 34.2 Å². The molecular formula is C20H22ClN5O2. The van der Waals surface area contributed by atoms with Gasteiger partial charge in [-0.3, -0.25) is 14.3 Å². The zero-order chi connectivity index (χ0) is 20.6. The van der Waals surface area contributed by atoms with Crippen LogP contribution in [0.5, 0.6) is 0 Å². The molecule has 3 aromatic heterocycles. The van der Waals surface area contributed by atoms with E-state index in [1.54, 1.807) is 30.8 Å². The summed E-state index contributed by atoms with van der Waals surface area (Å²) >= 11 is 5.91. The highest BCUT2D eigenvalue weighted by atomic mass is 35.5. The summed E-state index contributed by atoms with van der Waals surface area (Å²) in [6.07, 6.45) is -0.314. The molecule has 0 spiro atoms. The second kappa shape index (κ2) is 7.67. The predicted molar refractivity (Wildman–Crippen MR) is 109 cm³/mol. The Bertz CT molecular complexity index is 1070.